The minimum atomic E-state index is -0.429. The molecule has 2 amide bonds. The van der Waals surface area contributed by atoms with Gasteiger partial charge in [0, 0.05) is 17.1 Å². The van der Waals surface area contributed by atoms with E-state index in [1.54, 1.807) is 19.4 Å². The lowest BCUT2D eigenvalue weighted by Gasteiger charge is -2.33. The average Bonchev–Trinajstić information content (AvgIpc) is 3.22. The molecular weight excluding hydrogens is 390 g/mol. The summed E-state index contributed by atoms with van der Waals surface area (Å²) in [7, 11) is 1.61. The van der Waals surface area contributed by atoms with Crippen LogP contribution in [0.5, 0.6) is 5.75 Å². The molecule has 1 fully saturated rings. The second-order valence-corrected chi connectivity index (χ2v) is 7.87. The van der Waals surface area contributed by atoms with Crippen LogP contribution in [-0.4, -0.2) is 41.6 Å². The average molecular weight is 418 g/mol. The number of carbonyl (C=O) groups is 2. The summed E-state index contributed by atoms with van der Waals surface area (Å²) in [4.78, 5) is 31.2. The molecule has 0 aliphatic heterocycles. The number of hydrogen-bond donors (Lipinski definition) is 1. The second-order valence-electron chi connectivity index (χ2n) is 6.93. The molecule has 7 nitrogen and oxygen atoms in total. The number of aromatic nitrogens is 1. The van der Waals surface area contributed by atoms with Gasteiger partial charge in [-0.25, -0.2) is 14.6 Å². The van der Waals surface area contributed by atoms with Crippen LogP contribution >= 0.6 is 11.3 Å². The van der Waals surface area contributed by atoms with Crippen molar-refractivity contribution in [1.82, 2.24) is 9.88 Å². The maximum Gasteiger partial charge on any atom is 0.357 e. The van der Waals surface area contributed by atoms with Gasteiger partial charge in [-0.15, -0.1) is 11.3 Å². The summed E-state index contributed by atoms with van der Waals surface area (Å²) in [5, 5.41) is 5.39. The summed E-state index contributed by atoms with van der Waals surface area (Å²) in [6.45, 7) is 2.44. The molecule has 3 rings (SSSR count). The Balaban J connectivity index is 1.73. The predicted octanol–water partition coefficient (Wildman–Crippen LogP) is 4.70. The van der Waals surface area contributed by atoms with Gasteiger partial charge in [-0.05, 0) is 44.0 Å². The molecule has 1 aromatic heterocycles. The van der Waals surface area contributed by atoms with Crippen molar-refractivity contribution in [3.05, 3.63) is 40.3 Å². The molecule has 1 heterocycles. The van der Waals surface area contributed by atoms with Crippen LogP contribution in [0.2, 0.25) is 0 Å². The van der Waals surface area contributed by atoms with Crippen LogP contribution in [0.25, 0.3) is 0 Å². The van der Waals surface area contributed by atoms with E-state index in [1.165, 1.54) is 17.8 Å². The fourth-order valence-electron chi connectivity index (χ4n) is 3.46. The van der Waals surface area contributed by atoms with E-state index in [-0.39, 0.29) is 12.1 Å². The molecule has 0 atom stereocenters. The number of ether oxygens (including phenoxy) is 2. The number of nitrogens with zero attached hydrogens (tertiary/aromatic N) is 2. The van der Waals surface area contributed by atoms with Gasteiger partial charge in [-0.1, -0.05) is 19.3 Å². The number of hydrogen-bond acceptors (Lipinski definition) is 6. The van der Waals surface area contributed by atoms with Gasteiger partial charge < -0.3 is 19.7 Å². The number of methoxy groups -OCH3 is 1. The summed E-state index contributed by atoms with van der Waals surface area (Å²) < 4.78 is 10.2. The molecule has 29 heavy (non-hydrogen) atoms. The summed E-state index contributed by atoms with van der Waals surface area (Å²) in [5.74, 6) is 0.309. The van der Waals surface area contributed by atoms with E-state index >= 15 is 0 Å². The van der Waals surface area contributed by atoms with E-state index in [9.17, 15) is 9.59 Å². The molecule has 8 heteroatoms. The standard InChI is InChI=1S/C21H27N3O4S/c1-3-28-20(25)18-14-29-19(23-18)13-24(16-7-5-4-6-8-16)21(26)22-15-9-11-17(27-2)12-10-15/h9-12,14,16H,3-8,13H2,1-2H3,(H,22,26). The predicted molar refractivity (Wildman–Crippen MR) is 112 cm³/mol. The summed E-state index contributed by atoms with van der Waals surface area (Å²) in [5.41, 5.74) is 1.01. The van der Waals surface area contributed by atoms with Crippen LogP contribution < -0.4 is 10.1 Å². The molecule has 0 bridgehead atoms. The lowest BCUT2D eigenvalue weighted by Crippen LogP contribution is -2.43. The van der Waals surface area contributed by atoms with Gasteiger partial charge in [0.05, 0.1) is 20.3 Å². The smallest absolute Gasteiger partial charge is 0.357 e. The van der Waals surface area contributed by atoms with E-state index < -0.39 is 5.97 Å². The number of benzene rings is 1. The van der Waals surface area contributed by atoms with Crippen LogP contribution in [-0.2, 0) is 11.3 Å². The van der Waals surface area contributed by atoms with Crippen LogP contribution in [0.4, 0.5) is 10.5 Å². The van der Waals surface area contributed by atoms with Gasteiger partial charge in [0.25, 0.3) is 0 Å². The Hall–Kier alpha value is -2.61. The lowest BCUT2D eigenvalue weighted by atomic mass is 9.94. The van der Waals surface area contributed by atoms with Gasteiger partial charge in [-0.2, -0.15) is 0 Å². The van der Waals surface area contributed by atoms with Gasteiger partial charge >= 0.3 is 12.0 Å². The molecule has 156 valence electrons. The van der Waals surface area contributed by atoms with Crippen molar-refractivity contribution >= 4 is 29.0 Å². The lowest BCUT2D eigenvalue weighted by molar-refractivity contribution is 0.0520. The molecule has 1 aliphatic rings. The van der Waals surface area contributed by atoms with Crippen molar-refractivity contribution in [2.45, 2.75) is 51.6 Å². The first-order valence-corrected chi connectivity index (χ1v) is 10.8. The minimum absolute atomic E-state index is 0.157. The fourth-order valence-corrected chi connectivity index (χ4v) is 4.22. The fraction of sp³-hybridized carbons (Fsp3) is 0.476. The first kappa shape index (κ1) is 21.1. The maximum absolute atomic E-state index is 13.1. The first-order chi connectivity index (χ1) is 14.1. The highest BCUT2D eigenvalue weighted by atomic mass is 32.1. The molecule has 1 aromatic carbocycles. The van der Waals surface area contributed by atoms with Crippen LogP contribution in [0.3, 0.4) is 0 Å². The number of rotatable bonds is 7. The van der Waals surface area contributed by atoms with Gasteiger partial charge in [0.2, 0.25) is 0 Å². The monoisotopic (exact) mass is 417 g/mol. The number of amides is 2. The molecule has 0 radical (unpaired) electrons. The highest BCUT2D eigenvalue weighted by Gasteiger charge is 2.27. The third-order valence-corrected chi connectivity index (χ3v) is 5.79. The second kappa shape index (κ2) is 10.2. The molecular formula is C21H27N3O4S. The van der Waals surface area contributed by atoms with E-state index in [0.717, 1.165) is 36.4 Å². The van der Waals surface area contributed by atoms with E-state index in [2.05, 4.69) is 10.3 Å². The Morgan fingerprint density at radius 3 is 2.59 bits per heavy atom. The van der Waals surface area contributed by atoms with Crippen LogP contribution in [0.1, 0.15) is 54.5 Å². The largest absolute Gasteiger partial charge is 0.497 e. The zero-order valence-corrected chi connectivity index (χ0v) is 17.7. The third kappa shape index (κ3) is 5.69. The molecule has 1 aliphatic carbocycles. The Labute approximate surface area is 175 Å². The molecule has 0 spiro atoms. The summed E-state index contributed by atoms with van der Waals surface area (Å²) >= 11 is 1.37. The van der Waals surface area contributed by atoms with Crippen LogP contribution in [0, 0.1) is 0 Å². The SMILES string of the molecule is CCOC(=O)c1csc(CN(C(=O)Nc2ccc(OC)cc2)C2CCCCC2)n1. The van der Waals surface area contributed by atoms with Gasteiger partial charge in [-0.3, -0.25) is 0 Å². The molecule has 0 unspecified atom stereocenters. The van der Waals surface area contributed by atoms with E-state index in [0.29, 0.717) is 24.5 Å². The minimum Gasteiger partial charge on any atom is -0.497 e. The van der Waals surface area contributed by atoms with Crippen molar-refractivity contribution in [3.63, 3.8) is 0 Å². The number of urea groups is 1. The van der Waals surface area contributed by atoms with Crippen molar-refractivity contribution in [3.8, 4) is 5.75 Å². The Morgan fingerprint density at radius 1 is 1.21 bits per heavy atom. The summed E-state index contributed by atoms with van der Waals surface area (Å²) in [6, 6.07) is 7.27. The maximum atomic E-state index is 13.1. The summed E-state index contributed by atoms with van der Waals surface area (Å²) in [6.07, 6.45) is 5.39. The molecule has 1 saturated carbocycles. The number of carbonyl (C=O) groups excluding carboxylic acids is 2. The van der Waals surface area contributed by atoms with Gasteiger partial charge in [0.15, 0.2) is 5.69 Å². The van der Waals surface area contributed by atoms with E-state index in [4.69, 9.17) is 9.47 Å². The first-order valence-electron chi connectivity index (χ1n) is 9.94. The van der Waals surface area contributed by atoms with Crippen molar-refractivity contribution in [1.29, 1.82) is 0 Å². The number of nitrogens with one attached hydrogen (secondary N) is 1. The normalized spacial score (nSPS) is 14.3. The Morgan fingerprint density at radius 2 is 1.93 bits per heavy atom. The topological polar surface area (TPSA) is 80.8 Å². The zero-order chi connectivity index (χ0) is 20.6. The van der Waals surface area contributed by atoms with Crippen molar-refractivity contribution in [2.24, 2.45) is 0 Å². The molecule has 1 N–H and O–H groups in total. The van der Waals surface area contributed by atoms with Crippen molar-refractivity contribution in [2.75, 3.05) is 19.0 Å². The zero-order valence-electron chi connectivity index (χ0n) is 16.8. The third-order valence-electron chi connectivity index (χ3n) is 4.96. The highest BCUT2D eigenvalue weighted by molar-refractivity contribution is 7.09. The number of thiazole rings is 1. The molecule has 0 saturated heterocycles. The number of esters is 1. The highest BCUT2D eigenvalue weighted by Crippen LogP contribution is 2.26. The Kier molecular flexibility index (Phi) is 7.46. The number of anilines is 1. The van der Waals surface area contributed by atoms with Crippen LogP contribution in [0.15, 0.2) is 29.6 Å². The molecule has 2 aromatic rings. The Bertz CT molecular complexity index is 816. The van der Waals surface area contributed by atoms with E-state index in [1.807, 2.05) is 29.2 Å². The van der Waals surface area contributed by atoms with Crippen molar-refractivity contribution < 1.29 is 19.1 Å². The quantitative estimate of drug-likeness (QED) is 0.661. The van der Waals surface area contributed by atoms with Gasteiger partial charge in [0.1, 0.15) is 10.8 Å².